The summed E-state index contributed by atoms with van der Waals surface area (Å²) in [5, 5.41) is 17.8. The molecule has 8 aliphatic carbocycles. The molecule has 0 atom stereocenters. The van der Waals surface area contributed by atoms with Crippen molar-refractivity contribution in [3.05, 3.63) is 247 Å². The van der Waals surface area contributed by atoms with Crippen LogP contribution >= 0.6 is 0 Å². The van der Waals surface area contributed by atoms with Gasteiger partial charge in [0.2, 0.25) is 0 Å². The van der Waals surface area contributed by atoms with Gasteiger partial charge in [0.15, 0.2) is 11.4 Å². The van der Waals surface area contributed by atoms with E-state index in [1.165, 1.54) is 79.4 Å². The monoisotopic (exact) mass is 1270 g/mol. The van der Waals surface area contributed by atoms with Crippen molar-refractivity contribution in [2.75, 3.05) is 7.11 Å². The molecular formula is C83H86N4O8. The van der Waals surface area contributed by atoms with Gasteiger partial charge in [-0.2, -0.15) is 0 Å². The number of hydrogen-bond donors (Lipinski definition) is 3. The van der Waals surface area contributed by atoms with E-state index in [0.717, 1.165) is 155 Å². The van der Waals surface area contributed by atoms with E-state index < -0.39 is 11.4 Å². The summed E-state index contributed by atoms with van der Waals surface area (Å²) in [5.74, 6) is 2.78. The lowest BCUT2D eigenvalue weighted by Gasteiger charge is -2.52. The number of rotatable bonds is 22. The summed E-state index contributed by atoms with van der Waals surface area (Å²) < 4.78 is 31.8. The first-order chi connectivity index (χ1) is 46.3. The van der Waals surface area contributed by atoms with Crippen LogP contribution in [-0.2, 0) is 79.5 Å². The first-order valence-corrected chi connectivity index (χ1v) is 34.2. The molecule has 0 aliphatic heterocycles. The summed E-state index contributed by atoms with van der Waals surface area (Å²) in [6.45, 7) is 22.3. The van der Waals surface area contributed by atoms with Gasteiger partial charge in [-0.3, -0.25) is 9.59 Å². The minimum absolute atomic E-state index is 0.0267. The van der Waals surface area contributed by atoms with Crippen molar-refractivity contribution in [2.45, 2.75) is 180 Å². The molecule has 16 rings (SSSR count). The number of carbonyl (C=O) groups is 2. The quantitative estimate of drug-likeness (QED) is 0.0445. The molecule has 486 valence electrons. The van der Waals surface area contributed by atoms with Crippen molar-refractivity contribution in [1.82, 2.24) is 10.6 Å². The molecule has 12 nitrogen and oxygen atoms in total. The zero-order valence-corrected chi connectivity index (χ0v) is 55.2. The fourth-order valence-electron chi connectivity index (χ4n) is 16.4. The largest absolute Gasteiger partial charge is 0.488 e. The van der Waals surface area contributed by atoms with Crippen LogP contribution in [0.3, 0.4) is 0 Å². The lowest BCUT2D eigenvalue weighted by Crippen LogP contribution is -2.56. The van der Waals surface area contributed by atoms with Gasteiger partial charge in [-0.25, -0.2) is 9.69 Å². The number of carboxylic acids is 1. The van der Waals surface area contributed by atoms with Crippen molar-refractivity contribution in [3.8, 4) is 45.3 Å². The molecule has 0 unspecified atom stereocenters. The molecule has 6 fully saturated rings. The number of carboxylic acid groups (broad SMARTS) is 1. The van der Waals surface area contributed by atoms with Gasteiger partial charge in [-0.1, -0.05) is 133 Å². The van der Waals surface area contributed by atoms with Crippen molar-refractivity contribution in [2.24, 2.45) is 10.8 Å². The summed E-state index contributed by atoms with van der Waals surface area (Å²) >= 11 is 0. The van der Waals surface area contributed by atoms with Gasteiger partial charge >= 0.3 is 11.9 Å². The molecule has 0 aromatic heterocycles. The fraction of sp³-hybridized carbons (Fsp3) is 0.373. The minimum atomic E-state index is -0.626. The maximum Gasteiger partial charge on any atom is 0.311 e. The lowest BCUT2D eigenvalue weighted by molar-refractivity contribution is -0.160. The number of carbonyl (C=O) groups excluding carboxylic acids is 1. The van der Waals surface area contributed by atoms with Gasteiger partial charge in [0.05, 0.1) is 31.1 Å². The predicted octanol–water partition coefficient (Wildman–Crippen LogP) is 18.3. The Morgan fingerprint density at radius 2 is 0.842 bits per heavy atom. The van der Waals surface area contributed by atoms with Crippen LogP contribution in [0.25, 0.3) is 31.9 Å². The molecule has 4 bridgehead atoms. The molecule has 0 heterocycles. The van der Waals surface area contributed by atoms with E-state index in [-0.39, 0.29) is 22.5 Å². The molecular weight excluding hydrogens is 1180 g/mol. The number of ether oxygens (including phenoxy) is 5. The highest BCUT2D eigenvalue weighted by atomic mass is 16.5. The van der Waals surface area contributed by atoms with Crippen LogP contribution in [0.15, 0.2) is 158 Å². The van der Waals surface area contributed by atoms with Crippen molar-refractivity contribution < 1.29 is 38.4 Å². The molecule has 6 saturated carbocycles. The Morgan fingerprint density at radius 1 is 0.453 bits per heavy atom. The Morgan fingerprint density at radius 3 is 1.24 bits per heavy atom. The van der Waals surface area contributed by atoms with Crippen LogP contribution in [0.2, 0.25) is 0 Å². The molecule has 0 amide bonds. The second kappa shape index (κ2) is 28.0. The molecule has 8 aliphatic rings. The number of methoxy groups -OCH3 is 1. The topological polar surface area (TPSA) is 133 Å². The highest BCUT2D eigenvalue weighted by molar-refractivity contribution is 5.77. The summed E-state index contributed by atoms with van der Waals surface area (Å²) in [7, 11) is 1.52. The Balaban J connectivity index is 0.000000172. The number of esters is 1. The standard InChI is InChI=1S/C42H44N2O4.C41H42N2O4/c1-29-32(13-8-15-34(29)31-11-5-4-6-12-31)28-48-38-25-39(47-27-30-10-7-14-33(24-30)43-2)37(35-16-9-17-36(35)38)26-44-42-21-18-41(19-22-42,20-23-42)40(45)46-3;1-28-31(12-7-14-33(28)30-10-4-3-5-11-30)27-47-37-24-38(46-26-29-9-6-13-32(23-29)42-2)36(34-15-8-16-35(34)37)25-43-41-20-17-40(18-21-41,19-22-41)39(44)45/h4-8,10-15,24-25,44H,9,16-23,26-28H2,1,3H3;3-7,9-14,23-24,43H,8,15-22,25-27H2,1H3,(H,44,45). The first kappa shape index (κ1) is 64.5. The van der Waals surface area contributed by atoms with Crippen LogP contribution in [0.4, 0.5) is 11.4 Å². The summed E-state index contributed by atoms with van der Waals surface area (Å²) in [6, 6.07) is 53.3. The van der Waals surface area contributed by atoms with Gasteiger partial charge in [0.25, 0.3) is 0 Å². The number of nitrogens with one attached hydrogen (secondary N) is 2. The van der Waals surface area contributed by atoms with Gasteiger partial charge in [-0.15, -0.1) is 0 Å². The maximum atomic E-state index is 12.6. The number of benzene rings is 8. The second-order valence-electron chi connectivity index (χ2n) is 27.6. The normalized spacial score (nSPS) is 21.1. The van der Waals surface area contributed by atoms with Crippen LogP contribution in [0.1, 0.15) is 157 Å². The maximum absolute atomic E-state index is 12.6. The fourth-order valence-corrected chi connectivity index (χ4v) is 16.4. The number of nitrogens with zero attached hydrogens (tertiary/aromatic N) is 2. The molecule has 0 spiro atoms. The minimum Gasteiger partial charge on any atom is -0.488 e. The second-order valence-corrected chi connectivity index (χ2v) is 27.6. The van der Waals surface area contributed by atoms with Crippen LogP contribution < -0.4 is 29.6 Å². The van der Waals surface area contributed by atoms with Crippen LogP contribution in [-0.4, -0.2) is 35.2 Å². The molecule has 8 aromatic rings. The summed E-state index contributed by atoms with van der Waals surface area (Å²) in [6.07, 6.45) is 16.6. The highest BCUT2D eigenvalue weighted by Gasteiger charge is 2.54. The van der Waals surface area contributed by atoms with Gasteiger partial charge in [-0.05, 0) is 219 Å². The average Bonchev–Trinajstić information content (AvgIpc) is 1.01. The van der Waals surface area contributed by atoms with E-state index in [1.54, 1.807) is 0 Å². The Hall–Kier alpha value is -9.20. The third kappa shape index (κ3) is 13.6. The molecule has 8 aromatic carbocycles. The third-order valence-electron chi connectivity index (χ3n) is 22.4. The van der Waals surface area contributed by atoms with E-state index in [2.05, 4.69) is 131 Å². The zero-order chi connectivity index (χ0) is 65.6. The smallest absolute Gasteiger partial charge is 0.311 e. The zero-order valence-electron chi connectivity index (χ0n) is 55.2. The number of hydrogen-bond acceptors (Lipinski definition) is 9. The number of aliphatic carboxylic acids is 1. The van der Waals surface area contributed by atoms with Crippen molar-refractivity contribution in [1.29, 1.82) is 0 Å². The Bertz CT molecular complexity index is 4190. The van der Waals surface area contributed by atoms with E-state index in [0.29, 0.717) is 50.9 Å². The lowest BCUT2D eigenvalue weighted by atomic mass is 9.57. The molecule has 0 saturated heterocycles. The van der Waals surface area contributed by atoms with Gasteiger partial charge < -0.3 is 39.4 Å². The van der Waals surface area contributed by atoms with E-state index >= 15 is 0 Å². The van der Waals surface area contributed by atoms with Crippen LogP contribution in [0.5, 0.6) is 23.0 Å². The van der Waals surface area contributed by atoms with E-state index in [1.807, 2.05) is 60.7 Å². The van der Waals surface area contributed by atoms with Gasteiger partial charge in [0, 0.05) is 47.4 Å². The Labute approximate surface area is 560 Å². The number of fused-ring (bicyclic) bond motifs is 8. The molecule has 95 heavy (non-hydrogen) atoms. The average molecular weight is 1270 g/mol. The van der Waals surface area contributed by atoms with Crippen molar-refractivity contribution >= 4 is 23.3 Å². The summed E-state index contributed by atoms with van der Waals surface area (Å²) in [5.41, 5.74) is 19.6. The molecule has 3 N–H and O–H groups in total. The van der Waals surface area contributed by atoms with Crippen LogP contribution in [0, 0.1) is 37.8 Å². The van der Waals surface area contributed by atoms with Gasteiger partial charge in [0.1, 0.15) is 49.4 Å². The highest BCUT2D eigenvalue weighted by Crippen LogP contribution is 2.55. The molecule has 12 heteroatoms. The predicted molar refractivity (Wildman–Crippen MR) is 372 cm³/mol. The third-order valence-corrected chi connectivity index (χ3v) is 22.4. The van der Waals surface area contributed by atoms with Crippen molar-refractivity contribution in [3.63, 3.8) is 0 Å². The summed E-state index contributed by atoms with van der Waals surface area (Å²) in [4.78, 5) is 31.9. The first-order valence-electron chi connectivity index (χ1n) is 34.2. The SMILES string of the molecule is [C-]#[N+]c1cccc(COc2cc(OCc3cccc(-c4ccccc4)c3C)c3c(c2CNC24CCC(C(=O)O)(CC2)CC4)CCC3)c1.[C-]#[N+]c1cccc(COc2cc(OCc3cccc(-c4ccccc4)c3C)c3c(c2CNC24CCC(C(=O)OC)(CC2)CC4)CCC3)c1. The van der Waals surface area contributed by atoms with E-state index in [4.69, 9.17) is 36.8 Å². The molecule has 0 radical (unpaired) electrons. The van der Waals surface area contributed by atoms with E-state index in [9.17, 15) is 14.7 Å². The Kier molecular flexibility index (Phi) is 19.0.